The molecule has 0 unspecified atom stereocenters. The van der Waals surface area contributed by atoms with Crippen LogP contribution in [-0.2, 0) is 10.0 Å². The van der Waals surface area contributed by atoms with Gasteiger partial charge in [0.25, 0.3) is 5.91 Å². The molecule has 0 aromatic heterocycles. The predicted octanol–water partition coefficient (Wildman–Crippen LogP) is 3.26. The lowest BCUT2D eigenvalue weighted by Crippen LogP contribution is -2.36. The number of methoxy groups -OCH3 is 1. The van der Waals surface area contributed by atoms with Crippen LogP contribution in [0.3, 0.4) is 0 Å². The minimum absolute atomic E-state index is 0.0720. The molecule has 1 heterocycles. The van der Waals surface area contributed by atoms with Gasteiger partial charge in [-0.05, 0) is 55.3 Å². The van der Waals surface area contributed by atoms with E-state index in [0.29, 0.717) is 24.5 Å². The summed E-state index contributed by atoms with van der Waals surface area (Å²) in [5, 5.41) is 2.66. The van der Waals surface area contributed by atoms with Crippen LogP contribution >= 0.6 is 0 Å². The van der Waals surface area contributed by atoms with E-state index in [1.807, 2.05) is 0 Å². The second-order valence-electron chi connectivity index (χ2n) is 6.29. The largest absolute Gasteiger partial charge is 0.497 e. The van der Waals surface area contributed by atoms with Crippen molar-refractivity contribution < 1.29 is 22.3 Å². The van der Waals surface area contributed by atoms with E-state index in [1.54, 1.807) is 24.3 Å². The lowest BCUT2D eigenvalue weighted by molar-refractivity contribution is 0.102. The number of nitrogens with one attached hydrogen (secondary N) is 1. The molecule has 2 aromatic carbocycles. The Balaban J connectivity index is 1.84. The standard InChI is InChI=1S/C19H21FN2O4S/c1-26-16-8-6-15(7-9-16)21-19(23)14-5-10-17(20)18(13-14)27(24,25)22-11-3-2-4-12-22/h5-10,13H,2-4,11-12H2,1H3,(H,21,23). The van der Waals surface area contributed by atoms with Gasteiger partial charge in [-0.3, -0.25) is 4.79 Å². The van der Waals surface area contributed by atoms with Crippen molar-refractivity contribution in [2.45, 2.75) is 24.2 Å². The van der Waals surface area contributed by atoms with Gasteiger partial charge in [0.2, 0.25) is 10.0 Å². The summed E-state index contributed by atoms with van der Waals surface area (Å²) in [4.78, 5) is 12.0. The van der Waals surface area contributed by atoms with Crippen molar-refractivity contribution >= 4 is 21.6 Å². The third-order valence-corrected chi connectivity index (χ3v) is 6.39. The van der Waals surface area contributed by atoms with Crippen molar-refractivity contribution in [2.75, 3.05) is 25.5 Å². The zero-order valence-electron chi connectivity index (χ0n) is 14.9. The topological polar surface area (TPSA) is 75.7 Å². The molecule has 2 aromatic rings. The summed E-state index contributed by atoms with van der Waals surface area (Å²) in [6.45, 7) is 0.730. The molecule has 1 amide bonds. The van der Waals surface area contributed by atoms with Crippen LogP contribution in [0.1, 0.15) is 29.6 Å². The summed E-state index contributed by atoms with van der Waals surface area (Å²) >= 11 is 0. The minimum atomic E-state index is -3.97. The van der Waals surface area contributed by atoms with Gasteiger partial charge in [-0.25, -0.2) is 12.8 Å². The summed E-state index contributed by atoms with van der Waals surface area (Å²) in [5.74, 6) is -0.735. The Hall–Kier alpha value is -2.45. The average molecular weight is 392 g/mol. The molecular formula is C19H21FN2O4S. The van der Waals surface area contributed by atoms with Gasteiger partial charge >= 0.3 is 0 Å². The number of carbonyl (C=O) groups excluding carboxylic acids is 1. The normalized spacial score (nSPS) is 15.3. The number of benzene rings is 2. The first-order valence-corrected chi connectivity index (χ1v) is 10.1. The van der Waals surface area contributed by atoms with Crippen LogP contribution < -0.4 is 10.1 Å². The molecule has 6 nitrogen and oxygen atoms in total. The molecule has 1 N–H and O–H groups in total. The zero-order valence-corrected chi connectivity index (χ0v) is 15.8. The van der Waals surface area contributed by atoms with Crippen molar-refractivity contribution in [3.05, 3.63) is 53.8 Å². The van der Waals surface area contributed by atoms with E-state index < -0.39 is 26.6 Å². The van der Waals surface area contributed by atoms with Gasteiger partial charge in [0.15, 0.2) is 0 Å². The van der Waals surface area contributed by atoms with Gasteiger partial charge in [0.1, 0.15) is 16.5 Å². The van der Waals surface area contributed by atoms with Gasteiger partial charge in [0.05, 0.1) is 7.11 Å². The molecule has 0 spiro atoms. The summed E-state index contributed by atoms with van der Waals surface area (Å²) in [7, 11) is -2.43. The van der Waals surface area contributed by atoms with Gasteiger partial charge in [-0.2, -0.15) is 4.31 Å². The number of rotatable bonds is 5. The van der Waals surface area contributed by atoms with Crippen LogP contribution in [0.15, 0.2) is 47.4 Å². The van der Waals surface area contributed by atoms with E-state index in [9.17, 15) is 17.6 Å². The van der Waals surface area contributed by atoms with E-state index in [1.165, 1.54) is 17.5 Å². The minimum Gasteiger partial charge on any atom is -0.497 e. The molecule has 0 saturated carbocycles. The lowest BCUT2D eigenvalue weighted by atomic mass is 10.2. The van der Waals surface area contributed by atoms with Crippen LogP contribution in [0.25, 0.3) is 0 Å². The van der Waals surface area contributed by atoms with Crippen molar-refractivity contribution in [3.63, 3.8) is 0 Å². The van der Waals surface area contributed by atoms with E-state index in [4.69, 9.17) is 4.74 Å². The fraction of sp³-hybridized carbons (Fsp3) is 0.316. The maximum Gasteiger partial charge on any atom is 0.255 e. The summed E-state index contributed by atoms with van der Waals surface area (Å²) in [6.07, 6.45) is 2.45. The Morgan fingerprint density at radius 3 is 2.37 bits per heavy atom. The van der Waals surface area contributed by atoms with Gasteiger partial charge in [-0.1, -0.05) is 6.42 Å². The zero-order chi connectivity index (χ0) is 19.4. The number of ether oxygens (including phenoxy) is 1. The highest BCUT2D eigenvalue weighted by Gasteiger charge is 2.29. The number of amides is 1. The highest BCUT2D eigenvalue weighted by molar-refractivity contribution is 7.89. The van der Waals surface area contributed by atoms with Gasteiger partial charge < -0.3 is 10.1 Å². The Labute approximate surface area is 158 Å². The number of carbonyl (C=O) groups is 1. The lowest BCUT2D eigenvalue weighted by Gasteiger charge is -2.26. The number of anilines is 1. The monoisotopic (exact) mass is 392 g/mol. The highest BCUT2D eigenvalue weighted by Crippen LogP contribution is 2.24. The molecular weight excluding hydrogens is 371 g/mol. The molecule has 1 aliphatic heterocycles. The number of piperidine rings is 1. The highest BCUT2D eigenvalue weighted by atomic mass is 32.2. The van der Waals surface area contributed by atoms with E-state index in [-0.39, 0.29) is 5.56 Å². The Kier molecular flexibility index (Phi) is 5.76. The fourth-order valence-corrected chi connectivity index (χ4v) is 4.57. The van der Waals surface area contributed by atoms with Crippen molar-refractivity contribution in [1.29, 1.82) is 0 Å². The van der Waals surface area contributed by atoms with Crippen molar-refractivity contribution in [1.82, 2.24) is 4.31 Å². The second-order valence-corrected chi connectivity index (χ2v) is 8.20. The summed E-state index contributed by atoms with van der Waals surface area (Å²) in [5.41, 5.74) is 0.591. The fourth-order valence-electron chi connectivity index (χ4n) is 2.96. The maximum atomic E-state index is 14.2. The molecule has 1 fully saturated rings. The third-order valence-electron chi connectivity index (χ3n) is 4.47. The number of hydrogen-bond donors (Lipinski definition) is 1. The molecule has 0 bridgehead atoms. The Bertz CT molecular complexity index is 923. The molecule has 0 atom stereocenters. The van der Waals surface area contributed by atoms with Crippen LogP contribution in [0.5, 0.6) is 5.75 Å². The number of halogens is 1. The van der Waals surface area contributed by atoms with Crippen LogP contribution in [-0.4, -0.2) is 38.8 Å². The molecule has 0 radical (unpaired) electrons. The van der Waals surface area contributed by atoms with Crippen LogP contribution in [0.2, 0.25) is 0 Å². The average Bonchev–Trinajstić information content (AvgIpc) is 2.69. The molecule has 8 heteroatoms. The first-order chi connectivity index (χ1) is 12.9. The molecule has 1 saturated heterocycles. The van der Waals surface area contributed by atoms with Crippen molar-refractivity contribution in [3.8, 4) is 5.75 Å². The third kappa shape index (κ3) is 4.28. The van der Waals surface area contributed by atoms with Crippen LogP contribution in [0, 0.1) is 5.82 Å². The number of sulfonamides is 1. The first-order valence-electron chi connectivity index (χ1n) is 8.67. The molecule has 0 aliphatic carbocycles. The molecule has 3 rings (SSSR count). The first kappa shape index (κ1) is 19.3. The number of hydrogen-bond acceptors (Lipinski definition) is 4. The molecule has 27 heavy (non-hydrogen) atoms. The van der Waals surface area contributed by atoms with E-state index >= 15 is 0 Å². The Morgan fingerprint density at radius 1 is 1.07 bits per heavy atom. The molecule has 1 aliphatic rings. The maximum absolute atomic E-state index is 14.2. The van der Waals surface area contributed by atoms with Gasteiger partial charge in [-0.15, -0.1) is 0 Å². The van der Waals surface area contributed by atoms with Crippen LogP contribution in [0.4, 0.5) is 10.1 Å². The quantitative estimate of drug-likeness (QED) is 0.847. The van der Waals surface area contributed by atoms with Crippen molar-refractivity contribution in [2.24, 2.45) is 0 Å². The van der Waals surface area contributed by atoms with Gasteiger partial charge in [0, 0.05) is 24.3 Å². The summed E-state index contributed by atoms with van der Waals surface area (Å²) in [6, 6.07) is 10.1. The SMILES string of the molecule is COc1ccc(NC(=O)c2ccc(F)c(S(=O)(=O)N3CCCCC3)c2)cc1. The summed E-state index contributed by atoms with van der Waals surface area (Å²) < 4.78 is 46.1. The Morgan fingerprint density at radius 2 is 1.74 bits per heavy atom. The smallest absolute Gasteiger partial charge is 0.255 e. The predicted molar refractivity (Wildman–Crippen MR) is 100.0 cm³/mol. The van der Waals surface area contributed by atoms with E-state index in [2.05, 4.69) is 5.32 Å². The molecule has 144 valence electrons. The van der Waals surface area contributed by atoms with E-state index in [0.717, 1.165) is 31.4 Å². The second kappa shape index (κ2) is 8.06. The number of nitrogens with zero attached hydrogens (tertiary/aromatic N) is 1.